The molecule has 0 unspecified atom stereocenters. The predicted molar refractivity (Wildman–Crippen MR) is 109 cm³/mol. The van der Waals surface area contributed by atoms with E-state index in [0.29, 0.717) is 19.8 Å². The van der Waals surface area contributed by atoms with E-state index in [0.717, 1.165) is 47.6 Å². The Kier molecular flexibility index (Phi) is 8.77. The molecule has 0 aliphatic rings. The van der Waals surface area contributed by atoms with Crippen LogP contribution in [0.1, 0.15) is 39.2 Å². The molecule has 3 nitrogen and oxygen atoms in total. The van der Waals surface area contributed by atoms with Crippen molar-refractivity contribution in [2.24, 2.45) is 0 Å². The zero-order valence-corrected chi connectivity index (χ0v) is 16.2. The average molecular weight is 354 g/mol. The van der Waals surface area contributed by atoms with Crippen molar-refractivity contribution in [3.8, 4) is 22.6 Å². The zero-order valence-electron chi connectivity index (χ0n) is 16.2. The molecule has 0 heterocycles. The lowest BCUT2D eigenvalue weighted by atomic mass is 10.0. The summed E-state index contributed by atoms with van der Waals surface area (Å²) in [6.07, 6.45) is 6.36. The molecule has 0 bridgehead atoms. The molecule has 0 aliphatic carbocycles. The predicted octanol–water partition coefficient (Wildman–Crippen LogP) is 5.98. The fourth-order valence-corrected chi connectivity index (χ4v) is 2.64. The van der Waals surface area contributed by atoms with Gasteiger partial charge in [-0.2, -0.15) is 0 Å². The van der Waals surface area contributed by atoms with Gasteiger partial charge in [-0.05, 0) is 55.7 Å². The lowest BCUT2D eigenvalue weighted by Crippen LogP contribution is -2.07. The zero-order chi connectivity index (χ0) is 18.6. The highest BCUT2D eigenvalue weighted by Crippen LogP contribution is 2.29. The standard InChI is InChI=1S/C23H30O3/c1-4-7-15-24-16-17-26-22-12-9-19(10-13-22)20-11-14-23(25-6-3)21(18-20)8-5-2/h5,8-14,18H,4,6-7,15-17H2,1-3H3/b8-5+. The Hall–Kier alpha value is -2.26. The summed E-state index contributed by atoms with van der Waals surface area (Å²) in [5.74, 6) is 1.78. The highest BCUT2D eigenvalue weighted by atomic mass is 16.5. The Bertz CT molecular complexity index is 674. The molecule has 0 aromatic heterocycles. The second kappa shape index (κ2) is 11.4. The second-order valence-corrected chi connectivity index (χ2v) is 6.02. The maximum absolute atomic E-state index is 5.73. The van der Waals surface area contributed by atoms with E-state index in [9.17, 15) is 0 Å². The Morgan fingerprint density at radius 3 is 2.31 bits per heavy atom. The Labute approximate surface area is 157 Å². The highest BCUT2D eigenvalue weighted by Gasteiger charge is 2.05. The molecule has 0 aliphatic heterocycles. The van der Waals surface area contributed by atoms with Gasteiger partial charge >= 0.3 is 0 Å². The summed E-state index contributed by atoms with van der Waals surface area (Å²) in [4.78, 5) is 0. The van der Waals surface area contributed by atoms with Crippen LogP contribution >= 0.6 is 0 Å². The van der Waals surface area contributed by atoms with Gasteiger partial charge in [0.15, 0.2) is 0 Å². The van der Waals surface area contributed by atoms with Crippen LogP contribution in [0.4, 0.5) is 0 Å². The van der Waals surface area contributed by atoms with Crippen molar-refractivity contribution in [2.45, 2.75) is 33.6 Å². The summed E-state index contributed by atoms with van der Waals surface area (Å²) in [7, 11) is 0. The van der Waals surface area contributed by atoms with Gasteiger partial charge in [-0.3, -0.25) is 0 Å². The molecule has 0 spiro atoms. The summed E-state index contributed by atoms with van der Waals surface area (Å²) in [6.45, 7) is 8.86. The van der Waals surface area contributed by atoms with Crippen LogP contribution in [0.25, 0.3) is 17.2 Å². The minimum Gasteiger partial charge on any atom is -0.493 e. The molecule has 0 radical (unpaired) electrons. The molecule has 0 fully saturated rings. The van der Waals surface area contributed by atoms with E-state index in [1.165, 1.54) is 0 Å². The van der Waals surface area contributed by atoms with Crippen LogP contribution in [0, 0.1) is 0 Å². The molecule has 3 heteroatoms. The third-order valence-electron chi connectivity index (χ3n) is 3.98. The van der Waals surface area contributed by atoms with Gasteiger partial charge in [-0.15, -0.1) is 0 Å². The minimum absolute atomic E-state index is 0.581. The third-order valence-corrected chi connectivity index (χ3v) is 3.98. The third kappa shape index (κ3) is 6.23. The first-order valence-corrected chi connectivity index (χ1v) is 9.49. The Morgan fingerprint density at radius 2 is 1.62 bits per heavy atom. The number of benzene rings is 2. The average Bonchev–Trinajstić information content (AvgIpc) is 2.67. The van der Waals surface area contributed by atoms with Crippen molar-refractivity contribution in [1.29, 1.82) is 0 Å². The lowest BCUT2D eigenvalue weighted by Gasteiger charge is -2.11. The minimum atomic E-state index is 0.581. The van der Waals surface area contributed by atoms with Gasteiger partial charge < -0.3 is 14.2 Å². The smallest absolute Gasteiger partial charge is 0.126 e. The van der Waals surface area contributed by atoms with Crippen molar-refractivity contribution in [2.75, 3.05) is 26.4 Å². The molecular weight excluding hydrogens is 324 g/mol. The molecule has 0 atom stereocenters. The molecule has 2 aromatic rings. The number of allylic oxidation sites excluding steroid dienone is 1. The number of hydrogen-bond acceptors (Lipinski definition) is 3. The van der Waals surface area contributed by atoms with Gasteiger partial charge in [0.25, 0.3) is 0 Å². The van der Waals surface area contributed by atoms with Crippen molar-refractivity contribution in [3.63, 3.8) is 0 Å². The van der Waals surface area contributed by atoms with Crippen LogP contribution in [0.5, 0.6) is 11.5 Å². The highest BCUT2D eigenvalue weighted by molar-refractivity contribution is 5.70. The van der Waals surface area contributed by atoms with Crippen LogP contribution in [0.3, 0.4) is 0 Å². The van der Waals surface area contributed by atoms with Gasteiger partial charge in [-0.1, -0.05) is 43.7 Å². The number of ether oxygens (including phenoxy) is 3. The topological polar surface area (TPSA) is 27.7 Å². The maximum atomic E-state index is 5.73. The van der Waals surface area contributed by atoms with E-state index in [2.05, 4.69) is 37.3 Å². The maximum Gasteiger partial charge on any atom is 0.126 e. The van der Waals surface area contributed by atoms with Gasteiger partial charge in [0.05, 0.1) is 13.2 Å². The quantitative estimate of drug-likeness (QED) is 0.465. The first-order valence-electron chi connectivity index (χ1n) is 9.49. The van der Waals surface area contributed by atoms with E-state index < -0.39 is 0 Å². The molecular formula is C23H30O3. The first kappa shape index (κ1) is 20.1. The Balaban J connectivity index is 1.98. The largest absolute Gasteiger partial charge is 0.493 e. The van der Waals surface area contributed by atoms with E-state index in [4.69, 9.17) is 14.2 Å². The molecule has 0 saturated heterocycles. The fraction of sp³-hybridized carbons (Fsp3) is 0.391. The second-order valence-electron chi connectivity index (χ2n) is 6.02. The molecule has 0 N–H and O–H groups in total. The Morgan fingerprint density at radius 1 is 0.846 bits per heavy atom. The van der Waals surface area contributed by atoms with E-state index in [1.54, 1.807) is 0 Å². The number of unbranched alkanes of at least 4 members (excludes halogenated alkanes) is 1. The first-order chi connectivity index (χ1) is 12.8. The summed E-state index contributed by atoms with van der Waals surface area (Å²) >= 11 is 0. The van der Waals surface area contributed by atoms with Crippen LogP contribution in [-0.4, -0.2) is 26.4 Å². The van der Waals surface area contributed by atoms with Gasteiger partial charge in [-0.25, -0.2) is 0 Å². The monoisotopic (exact) mass is 354 g/mol. The van der Waals surface area contributed by atoms with Gasteiger partial charge in [0.1, 0.15) is 18.1 Å². The summed E-state index contributed by atoms with van der Waals surface area (Å²) < 4.78 is 16.9. The van der Waals surface area contributed by atoms with E-state index in [-0.39, 0.29) is 0 Å². The number of rotatable bonds is 11. The van der Waals surface area contributed by atoms with Crippen molar-refractivity contribution >= 4 is 6.08 Å². The SMILES string of the molecule is C/C=C/c1cc(-c2ccc(OCCOCCCC)cc2)ccc1OCC. The van der Waals surface area contributed by atoms with Crippen molar-refractivity contribution in [1.82, 2.24) is 0 Å². The van der Waals surface area contributed by atoms with Crippen molar-refractivity contribution in [3.05, 3.63) is 54.1 Å². The fourth-order valence-electron chi connectivity index (χ4n) is 2.64. The molecule has 0 saturated carbocycles. The van der Waals surface area contributed by atoms with Crippen LogP contribution < -0.4 is 9.47 Å². The molecule has 0 amide bonds. The van der Waals surface area contributed by atoms with Gasteiger partial charge in [0, 0.05) is 12.2 Å². The summed E-state index contributed by atoms with van der Waals surface area (Å²) in [5, 5.41) is 0. The van der Waals surface area contributed by atoms with E-state index >= 15 is 0 Å². The van der Waals surface area contributed by atoms with Crippen molar-refractivity contribution < 1.29 is 14.2 Å². The van der Waals surface area contributed by atoms with Crippen LogP contribution in [-0.2, 0) is 4.74 Å². The van der Waals surface area contributed by atoms with Crippen LogP contribution in [0.2, 0.25) is 0 Å². The summed E-state index contributed by atoms with van der Waals surface area (Å²) in [5.41, 5.74) is 3.41. The molecule has 140 valence electrons. The molecule has 26 heavy (non-hydrogen) atoms. The molecule has 2 rings (SSSR count). The lowest BCUT2D eigenvalue weighted by molar-refractivity contribution is 0.0981. The number of hydrogen-bond donors (Lipinski definition) is 0. The van der Waals surface area contributed by atoms with Crippen LogP contribution in [0.15, 0.2) is 48.5 Å². The molecule has 2 aromatic carbocycles. The van der Waals surface area contributed by atoms with Gasteiger partial charge in [0.2, 0.25) is 0 Å². The van der Waals surface area contributed by atoms with E-state index in [1.807, 2.05) is 38.1 Å². The summed E-state index contributed by atoms with van der Waals surface area (Å²) in [6, 6.07) is 14.5. The normalized spacial score (nSPS) is 11.0.